The van der Waals surface area contributed by atoms with Crippen LogP contribution >= 0.6 is 0 Å². The fraction of sp³-hybridized carbons (Fsp3) is 0.300. The van der Waals surface area contributed by atoms with E-state index in [1.807, 2.05) is 26.0 Å². The fourth-order valence-corrected chi connectivity index (χ4v) is 1.21. The van der Waals surface area contributed by atoms with Gasteiger partial charge in [-0.1, -0.05) is 0 Å². The Labute approximate surface area is 72.6 Å². The van der Waals surface area contributed by atoms with Crippen LogP contribution in [-0.4, -0.2) is 7.11 Å². The van der Waals surface area contributed by atoms with Crippen LogP contribution in [0.3, 0.4) is 0 Å². The highest BCUT2D eigenvalue weighted by Crippen LogP contribution is 2.28. The van der Waals surface area contributed by atoms with E-state index >= 15 is 0 Å². The van der Waals surface area contributed by atoms with Gasteiger partial charge in [0.2, 0.25) is 0 Å². The lowest BCUT2D eigenvalue weighted by molar-refractivity contribution is 0.414. The first kappa shape index (κ1) is 8.61. The second-order valence-electron chi connectivity index (χ2n) is 2.72. The number of benzene rings is 1. The molecule has 0 atom stereocenters. The molecule has 0 aliphatic rings. The van der Waals surface area contributed by atoms with Gasteiger partial charge in [-0.05, 0) is 37.1 Å². The Morgan fingerprint density at radius 1 is 1.25 bits per heavy atom. The van der Waals surface area contributed by atoms with Crippen LogP contribution in [0.25, 0.3) is 4.85 Å². The molecule has 0 N–H and O–H groups in total. The maximum absolute atomic E-state index is 6.94. The molecular weight excluding hydrogens is 150 g/mol. The SMILES string of the molecule is [C-]#[N+]c1c(C)cc(OC)cc1C. The largest absolute Gasteiger partial charge is 0.497 e. The van der Waals surface area contributed by atoms with Crippen LogP contribution < -0.4 is 4.74 Å². The zero-order chi connectivity index (χ0) is 9.14. The normalized spacial score (nSPS) is 9.17. The summed E-state index contributed by atoms with van der Waals surface area (Å²) < 4.78 is 5.07. The fourth-order valence-electron chi connectivity index (χ4n) is 1.21. The van der Waals surface area contributed by atoms with Gasteiger partial charge in [0.15, 0.2) is 5.69 Å². The lowest BCUT2D eigenvalue weighted by Gasteiger charge is -2.05. The van der Waals surface area contributed by atoms with Gasteiger partial charge in [-0.2, -0.15) is 0 Å². The molecule has 0 radical (unpaired) electrons. The summed E-state index contributed by atoms with van der Waals surface area (Å²) in [5.74, 6) is 0.817. The van der Waals surface area contributed by atoms with E-state index in [0.29, 0.717) is 0 Å². The zero-order valence-corrected chi connectivity index (χ0v) is 7.51. The summed E-state index contributed by atoms with van der Waals surface area (Å²) in [4.78, 5) is 3.44. The Morgan fingerprint density at radius 3 is 2.08 bits per heavy atom. The van der Waals surface area contributed by atoms with Gasteiger partial charge in [0.1, 0.15) is 5.75 Å². The summed E-state index contributed by atoms with van der Waals surface area (Å²) in [6, 6.07) is 3.75. The third-order valence-corrected chi connectivity index (χ3v) is 1.81. The summed E-state index contributed by atoms with van der Waals surface area (Å²) in [5.41, 5.74) is 2.68. The van der Waals surface area contributed by atoms with Crippen LogP contribution in [0.15, 0.2) is 12.1 Å². The van der Waals surface area contributed by atoms with E-state index in [0.717, 1.165) is 22.6 Å². The van der Waals surface area contributed by atoms with Crippen LogP contribution in [0.5, 0.6) is 5.75 Å². The molecule has 0 aliphatic heterocycles. The van der Waals surface area contributed by atoms with Gasteiger partial charge in [-0.3, -0.25) is 0 Å². The second kappa shape index (κ2) is 3.27. The summed E-state index contributed by atoms with van der Waals surface area (Å²) in [6.07, 6.45) is 0. The van der Waals surface area contributed by atoms with Crippen molar-refractivity contribution in [1.82, 2.24) is 0 Å². The van der Waals surface area contributed by atoms with Crippen molar-refractivity contribution < 1.29 is 4.74 Å². The molecule has 0 saturated heterocycles. The van der Waals surface area contributed by atoms with Gasteiger partial charge in [0.05, 0.1) is 13.7 Å². The van der Waals surface area contributed by atoms with Crippen LogP contribution in [0.4, 0.5) is 5.69 Å². The smallest absolute Gasteiger partial charge is 0.193 e. The van der Waals surface area contributed by atoms with Gasteiger partial charge in [0.25, 0.3) is 0 Å². The van der Waals surface area contributed by atoms with Crippen molar-refractivity contribution in [3.05, 3.63) is 34.7 Å². The lowest BCUT2D eigenvalue weighted by Crippen LogP contribution is -1.85. The molecule has 0 aliphatic carbocycles. The van der Waals surface area contributed by atoms with Crippen molar-refractivity contribution in [3.8, 4) is 5.75 Å². The summed E-state index contributed by atoms with van der Waals surface area (Å²) in [6.45, 7) is 10.8. The van der Waals surface area contributed by atoms with Crippen molar-refractivity contribution >= 4 is 5.69 Å². The first-order chi connectivity index (χ1) is 5.69. The first-order valence-corrected chi connectivity index (χ1v) is 3.71. The molecule has 12 heavy (non-hydrogen) atoms. The molecule has 0 bridgehead atoms. The van der Waals surface area contributed by atoms with Gasteiger partial charge in [0, 0.05) is 0 Å². The van der Waals surface area contributed by atoms with E-state index in [1.54, 1.807) is 7.11 Å². The molecule has 0 spiro atoms. The lowest BCUT2D eigenvalue weighted by atomic mass is 10.1. The monoisotopic (exact) mass is 161 g/mol. The molecule has 2 heteroatoms. The van der Waals surface area contributed by atoms with E-state index in [4.69, 9.17) is 11.3 Å². The molecule has 0 aromatic heterocycles. The highest BCUT2D eigenvalue weighted by molar-refractivity contribution is 5.60. The number of ether oxygens (including phenoxy) is 1. The van der Waals surface area contributed by atoms with Crippen LogP contribution in [0, 0.1) is 20.4 Å². The molecule has 62 valence electrons. The first-order valence-electron chi connectivity index (χ1n) is 3.71. The van der Waals surface area contributed by atoms with Gasteiger partial charge in [-0.15, -0.1) is 0 Å². The van der Waals surface area contributed by atoms with Crippen molar-refractivity contribution in [3.63, 3.8) is 0 Å². The van der Waals surface area contributed by atoms with Gasteiger partial charge < -0.3 is 4.74 Å². The molecule has 0 fully saturated rings. The Morgan fingerprint density at radius 2 is 1.75 bits per heavy atom. The van der Waals surface area contributed by atoms with E-state index < -0.39 is 0 Å². The van der Waals surface area contributed by atoms with Crippen molar-refractivity contribution in [1.29, 1.82) is 0 Å². The highest BCUT2D eigenvalue weighted by atomic mass is 16.5. The van der Waals surface area contributed by atoms with E-state index in [2.05, 4.69) is 4.85 Å². The Balaban J connectivity index is 3.30. The van der Waals surface area contributed by atoms with Crippen LogP contribution in [0.2, 0.25) is 0 Å². The summed E-state index contributed by atoms with van der Waals surface area (Å²) in [7, 11) is 1.63. The molecule has 2 nitrogen and oxygen atoms in total. The number of hydrogen-bond donors (Lipinski definition) is 0. The molecule has 1 aromatic rings. The molecule has 0 saturated carbocycles. The predicted octanol–water partition coefficient (Wildman–Crippen LogP) is 2.86. The maximum Gasteiger partial charge on any atom is 0.193 e. The standard InChI is InChI=1S/C10H11NO/c1-7-5-9(12-4)6-8(2)10(7)11-3/h5-6H,1-2,4H3. The van der Waals surface area contributed by atoms with Gasteiger partial charge >= 0.3 is 0 Å². The average molecular weight is 161 g/mol. The molecule has 1 aromatic carbocycles. The Kier molecular flexibility index (Phi) is 2.35. The summed E-state index contributed by atoms with van der Waals surface area (Å²) in [5, 5.41) is 0. The maximum atomic E-state index is 6.94. The number of hydrogen-bond acceptors (Lipinski definition) is 1. The molecular formula is C10H11NO. The van der Waals surface area contributed by atoms with Crippen molar-refractivity contribution in [2.75, 3.05) is 7.11 Å². The molecule has 0 heterocycles. The minimum absolute atomic E-state index is 0.732. The average Bonchev–Trinajstić information content (AvgIpc) is 2.03. The third-order valence-electron chi connectivity index (χ3n) is 1.81. The highest BCUT2D eigenvalue weighted by Gasteiger charge is 2.03. The minimum Gasteiger partial charge on any atom is -0.497 e. The van der Waals surface area contributed by atoms with E-state index in [9.17, 15) is 0 Å². The van der Waals surface area contributed by atoms with E-state index in [-0.39, 0.29) is 0 Å². The molecule has 1 rings (SSSR count). The second-order valence-corrected chi connectivity index (χ2v) is 2.72. The number of rotatable bonds is 1. The number of nitrogens with zero attached hydrogens (tertiary/aromatic N) is 1. The zero-order valence-electron chi connectivity index (χ0n) is 7.51. The Bertz CT molecular complexity index is 313. The van der Waals surface area contributed by atoms with Crippen LogP contribution in [0.1, 0.15) is 11.1 Å². The number of aryl methyl sites for hydroxylation is 2. The topological polar surface area (TPSA) is 13.6 Å². The molecule has 0 amide bonds. The minimum atomic E-state index is 0.732. The van der Waals surface area contributed by atoms with Crippen LogP contribution in [-0.2, 0) is 0 Å². The summed E-state index contributed by atoms with van der Waals surface area (Å²) >= 11 is 0. The number of methoxy groups -OCH3 is 1. The van der Waals surface area contributed by atoms with Crippen molar-refractivity contribution in [2.24, 2.45) is 0 Å². The van der Waals surface area contributed by atoms with Gasteiger partial charge in [-0.25, -0.2) is 4.85 Å². The van der Waals surface area contributed by atoms with E-state index in [1.165, 1.54) is 0 Å². The molecule has 0 unspecified atom stereocenters. The van der Waals surface area contributed by atoms with Crippen molar-refractivity contribution in [2.45, 2.75) is 13.8 Å². The third kappa shape index (κ3) is 1.40. The Hall–Kier alpha value is -1.49. The predicted molar refractivity (Wildman–Crippen MR) is 48.7 cm³/mol. The quantitative estimate of drug-likeness (QED) is 0.577.